The van der Waals surface area contributed by atoms with Gasteiger partial charge in [0.25, 0.3) is 11.8 Å². The normalized spacial score (nSPS) is 15.5. The molecule has 7 heteroatoms. The molecule has 0 aliphatic carbocycles. The topological polar surface area (TPSA) is 71.8 Å². The Morgan fingerprint density at radius 1 is 1.05 bits per heavy atom. The van der Waals surface area contributed by atoms with Crippen LogP contribution in [-0.2, 0) is 11.2 Å². The van der Waals surface area contributed by atoms with Crippen molar-refractivity contribution in [1.29, 1.82) is 0 Å². The lowest BCUT2D eigenvalue weighted by Crippen LogP contribution is -2.40. The Morgan fingerprint density at radius 2 is 1.89 bits per heavy atom. The first kappa shape index (κ1) is 24.7. The van der Waals surface area contributed by atoms with E-state index in [1.165, 1.54) is 6.26 Å². The van der Waals surface area contributed by atoms with Crippen LogP contribution in [0.2, 0.25) is 5.02 Å². The van der Waals surface area contributed by atoms with Gasteiger partial charge in [0.15, 0.2) is 11.9 Å². The number of benzene rings is 3. The first-order valence-corrected chi connectivity index (χ1v) is 12.5. The summed E-state index contributed by atoms with van der Waals surface area (Å²) < 4.78 is 11.5. The van der Waals surface area contributed by atoms with Crippen molar-refractivity contribution in [3.05, 3.63) is 118 Å². The Hall–Kier alpha value is -4.03. The molecule has 1 aromatic heterocycles. The summed E-state index contributed by atoms with van der Waals surface area (Å²) >= 11 is 6.03. The average Bonchev–Trinajstić information content (AvgIpc) is 3.42. The predicted octanol–water partition coefficient (Wildman–Crippen LogP) is 6.44. The highest BCUT2D eigenvalue weighted by Gasteiger charge is 2.34. The third-order valence-electron chi connectivity index (χ3n) is 6.47. The minimum absolute atomic E-state index is 0.164. The van der Waals surface area contributed by atoms with Crippen LogP contribution >= 0.6 is 11.6 Å². The van der Waals surface area contributed by atoms with E-state index < -0.39 is 6.10 Å². The maximum atomic E-state index is 13.4. The SMILES string of the molecule is Cc1cccc([C@@H]2c3cc(O[C@@H](C)C(=O)Nc4cccc(Cl)c4)ccc3CCN2C(=O)c2ccco2)c1. The maximum absolute atomic E-state index is 13.4. The molecule has 5 rings (SSSR count). The Labute approximate surface area is 220 Å². The predicted molar refractivity (Wildman–Crippen MR) is 143 cm³/mol. The first-order chi connectivity index (χ1) is 17.9. The van der Waals surface area contributed by atoms with Gasteiger partial charge in [-0.15, -0.1) is 0 Å². The second kappa shape index (κ2) is 10.5. The van der Waals surface area contributed by atoms with Gasteiger partial charge < -0.3 is 19.4 Å². The van der Waals surface area contributed by atoms with Crippen LogP contribution < -0.4 is 10.1 Å². The van der Waals surface area contributed by atoms with Gasteiger partial charge in [0, 0.05) is 17.3 Å². The number of rotatable bonds is 6. The number of ether oxygens (including phenoxy) is 1. The number of carbonyl (C=O) groups is 2. The first-order valence-electron chi connectivity index (χ1n) is 12.2. The fraction of sp³-hybridized carbons (Fsp3) is 0.200. The molecule has 6 nitrogen and oxygen atoms in total. The van der Waals surface area contributed by atoms with Crippen LogP contribution in [0.1, 0.15) is 45.8 Å². The van der Waals surface area contributed by atoms with Crippen molar-refractivity contribution in [2.24, 2.45) is 0 Å². The molecule has 1 aliphatic heterocycles. The van der Waals surface area contributed by atoms with E-state index in [1.807, 2.05) is 48.2 Å². The monoisotopic (exact) mass is 514 g/mol. The van der Waals surface area contributed by atoms with Gasteiger partial charge in [-0.05, 0) is 79.4 Å². The molecule has 4 aromatic rings. The number of anilines is 1. The van der Waals surface area contributed by atoms with Gasteiger partial charge in [-0.1, -0.05) is 53.6 Å². The summed E-state index contributed by atoms with van der Waals surface area (Å²) in [5.74, 6) is 0.407. The van der Waals surface area contributed by atoms with Crippen molar-refractivity contribution in [2.75, 3.05) is 11.9 Å². The molecule has 0 spiro atoms. The lowest BCUT2D eigenvalue weighted by molar-refractivity contribution is -0.122. The molecule has 0 bridgehead atoms. The van der Waals surface area contributed by atoms with Gasteiger partial charge in [-0.25, -0.2) is 0 Å². The van der Waals surface area contributed by atoms with E-state index in [0.29, 0.717) is 35.2 Å². The number of nitrogens with one attached hydrogen (secondary N) is 1. The Kier molecular flexibility index (Phi) is 7.01. The highest BCUT2D eigenvalue weighted by Crippen LogP contribution is 2.38. The number of nitrogens with zero attached hydrogens (tertiary/aromatic N) is 1. The van der Waals surface area contributed by atoms with Crippen LogP contribution in [0.5, 0.6) is 5.75 Å². The Balaban J connectivity index is 1.44. The van der Waals surface area contributed by atoms with Gasteiger partial charge >= 0.3 is 0 Å². The zero-order valence-electron chi connectivity index (χ0n) is 20.6. The molecule has 0 saturated carbocycles. The summed E-state index contributed by atoms with van der Waals surface area (Å²) in [4.78, 5) is 28.0. The molecule has 188 valence electrons. The van der Waals surface area contributed by atoms with E-state index in [4.69, 9.17) is 20.8 Å². The van der Waals surface area contributed by atoms with Crippen LogP contribution in [0.4, 0.5) is 5.69 Å². The lowest BCUT2D eigenvalue weighted by Gasteiger charge is -2.37. The zero-order chi connectivity index (χ0) is 25.9. The highest BCUT2D eigenvalue weighted by molar-refractivity contribution is 6.30. The van der Waals surface area contributed by atoms with Crippen molar-refractivity contribution in [3.63, 3.8) is 0 Å². The number of carbonyl (C=O) groups excluding carboxylic acids is 2. The second-order valence-electron chi connectivity index (χ2n) is 9.16. The maximum Gasteiger partial charge on any atom is 0.290 e. The number of hydrogen-bond donors (Lipinski definition) is 1. The van der Waals surface area contributed by atoms with Crippen LogP contribution in [0.3, 0.4) is 0 Å². The standard InChI is InChI=1S/C30H27ClN2O4/c1-19-6-3-7-22(16-19)28-26-18-25(37-20(2)29(34)32-24-9-4-8-23(31)17-24)12-11-21(26)13-14-33(28)30(35)27-10-5-15-36-27/h3-12,15-18,20,28H,13-14H2,1-2H3,(H,32,34)/t20-,28+/m0/s1. The highest BCUT2D eigenvalue weighted by atomic mass is 35.5. The van der Waals surface area contributed by atoms with E-state index in [0.717, 1.165) is 22.3 Å². The van der Waals surface area contributed by atoms with Crippen molar-refractivity contribution in [3.8, 4) is 5.75 Å². The molecule has 1 aliphatic rings. The number of halogens is 1. The van der Waals surface area contributed by atoms with E-state index in [1.54, 1.807) is 43.3 Å². The Bertz CT molecular complexity index is 1430. The molecule has 2 atom stereocenters. The van der Waals surface area contributed by atoms with Crippen molar-refractivity contribution >= 4 is 29.1 Å². The molecule has 37 heavy (non-hydrogen) atoms. The second-order valence-corrected chi connectivity index (χ2v) is 9.60. The summed E-state index contributed by atoms with van der Waals surface area (Å²) in [5, 5.41) is 3.37. The molecular weight excluding hydrogens is 488 g/mol. The van der Waals surface area contributed by atoms with Gasteiger partial charge in [0.1, 0.15) is 5.75 Å². The minimum Gasteiger partial charge on any atom is -0.481 e. The van der Waals surface area contributed by atoms with Crippen LogP contribution in [-0.4, -0.2) is 29.4 Å². The van der Waals surface area contributed by atoms with E-state index in [9.17, 15) is 9.59 Å². The smallest absolute Gasteiger partial charge is 0.290 e. The number of hydrogen-bond acceptors (Lipinski definition) is 4. The van der Waals surface area contributed by atoms with Crippen molar-refractivity contribution < 1.29 is 18.7 Å². The molecule has 2 heterocycles. The molecular formula is C30H27ClN2O4. The van der Waals surface area contributed by atoms with Crippen LogP contribution in [0.25, 0.3) is 0 Å². The summed E-state index contributed by atoms with van der Waals surface area (Å²) in [6, 6.07) is 24.0. The van der Waals surface area contributed by atoms with E-state index >= 15 is 0 Å². The summed E-state index contributed by atoms with van der Waals surface area (Å²) in [7, 11) is 0. The molecule has 0 radical (unpaired) electrons. The molecule has 1 N–H and O–H groups in total. The molecule has 0 fully saturated rings. The quantitative estimate of drug-likeness (QED) is 0.321. The van der Waals surface area contributed by atoms with Crippen molar-refractivity contribution in [2.45, 2.75) is 32.4 Å². The largest absolute Gasteiger partial charge is 0.481 e. The number of furan rings is 1. The minimum atomic E-state index is -0.751. The molecule has 0 saturated heterocycles. The molecule has 3 aromatic carbocycles. The summed E-state index contributed by atoms with van der Waals surface area (Å²) in [6.45, 7) is 4.29. The number of amides is 2. The summed E-state index contributed by atoms with van der Waals surface area (Å²) in [5.41, 5.74) is 4.82. The number of aryl methyl sites for hydroxylation is 1. The molecule has 2 amide bonds. The fourth-order valence-electron chi connectivity index (χ4n) is 4.69. The van der Waals surface area contributed by atoms with Crippen LogP contribution in [0.15, 0.2) is 89.5 Å². The van der Waals surface area contributed by atoms with Gasteiger partial charge in [-0.2, -0.15) is 0 Å². The van der Waals surface area contributed by atoms with Crippen molar-refractivity contribution in [1.82, 2.24) is 4.90 Å². The number of fused-ring (bicyclic) bond motifs is 1. The Morgan fingerprint density at radius 3 is 2.65 bits per heavy atom. The molecule has 0 unspecified atom stereocenters. The summed E-state index contributed by atoms with van der Waals surface area (Å²) in [6.07, 6.45) is 1.46. The third kappa shape index (κ3) is 5.39. The van der Waals surface area contributed by atoms with E-state index in [-0.39, 0.29) is 17.9 Å². The zero-order valence-corrected chi connectivity index (χ0v) is 21.4. The lowest BCUT2D eigenvalue weighted by atomic mass is 9.87. The van der Waals surface area contributed by atoms with Crippen LogP contribution in [0, 0.1) is 6.92 Å². The van der Waals surface area contributed by atoms with E-state index in [2.05, 4.69) is 11.4 Å². The average molecular weight is 515 g/mol. The fourth-order valence-corrected chi connectivity index (χ4v) is 4.88. The van der Waals surface area contributed by atoms with Gasteiger partial charge in [-0.3, -0.25) is 9.59 Å². The van der Waals surface area contributed by atoms with Gasteiger partial charge in [0.2, 0.25) is 0 Å². The third-order valence-corrected chi connectivity index (χ3v) is 6.71. The van der Waals surface area contributed by atoms with Gasteiger partial charge in [0.05, 0.1) is 12.3 Å².